The summed E-state index contributed by atoms with van der Waals surface area (Å²) in [6, 6.07) is 61.5. The minimum atomic E-state index is -0.124. The first kappa shape index (κ1) is 33.4. The van der Waals surface area contributed by atoms with E-state index in [1.807, 2.05) is 0 Å². The van der Waals surface area contributed by atoms with E-state index in [1.165, 1.54) is 105 Å². The van der Waals surface area contributed by atoms with Gasteiger partial charge in [0.2, 0.25) is 0 Å². The Morgan fingerprint density at radius 3 is 1.69 bits per heavy atom. The molecule has 0 heterocycles. The first-order valence-corrected chi connectivity index (χ1v) is 19.6. The molecule has 1 aliphatic rings. The highest BCUT2D eigenvalue weighted by atomic mass is 15.1. The third-order valence-corrected chi connectivity index (χ3v) is 12.3. The van der Waals surface area contributed by atoms with E-state index >= 15 is 0 Å². The van der Waals surface area contributed by atoms with Crippen LogP contribution < -0.4 is 4.90 Å². The fourth-order valence-electron chi connectivity index (χ4n) is 9.50. The molecule has 10 rings (SSSR count). The SMILES string of the molecule is Cc1cc2c(cc1N(c1ccc3ccccc3c1-c1cccc3ccccc13)c1ccc(C(C)(C)C)c3ccccc13)-c1cc3ccccc3cc1C2(C)C. The van der Waals surface area contributed by atoms with Crippen molar-refractivity contribution in [3.63, 3.8) is 0 Å². The van der Waals surface area contributed by atoms with Crippen LogP contribution in [-0.4, -0.2) is 0 Å². The van der Waals surface area contributed by atoms with Gasteiger partial charge in [0.25, 0.3) is 0 Å². The van der Waals surface area contributed by atoms with Gasteiger partial charge in [-0.25, -0.2) is 0 Å². The van der Waals surface area contributed by atoms with E-state index < -0.39 is 0 Å². The monoisotopic (exact) mass is 707 g/mol. The summed E-state index contributed by atoms with van der Waals surface area (Å²) in [6.45, 7) is 14.1. The molecule has 9 aromatic rings. The number of anilines is 3. The molecule has 0 N–H and O–H groups in total. The van der Waals surface area contributed by atoms with Gasteiger partial charge in [-0.3, -0.25) is 0 Å². The molecule has 0 saturated heterocycles. The van der Waals surface area contributed by atoms with Crippen molar-refractivity contribution in [2.24, 2.45) is 0 Å². The zero-order valence-electron chi connectivity index (χ0n) is 32.5. The second-order valence-corrected chi connectivity index (χ2v) is 17.0. The predicted octanol–water partition coefficient (Wildman–Crippen LogP) is 15.3. The molecule has 266 valence electrons. The van der Waals surface area contributed by atoms with Gasteiger partial charge in [-0.1, -0.05) is 168 Å². The van der Waals surface area contributed by atoms with Crippen LogP contribution in [0.4, 0.5) is 17.1 Å². The summed E-state index contributed by atoms with van der Waals surface area (Å²) in [5.74, 6) is 0. The Morgan fingerprint density at radius 1 is 0.418 bits per heavy atom. The van der Waals surface area contributed by atoms with Crippen LogP contribution in [0.1, 0.15) is 56.9 Å². The maximum absolute atomic E-state index is 2.58. The Morgan fingerprint density at radius 2 is 0.964 bits per heavy atom. The van der Waals surface area contributed by atoms with Crippen LogP contribution in [0.3, 0.4) is 0 Å². The first-order chi connectivity index (χ1) is 26.6. The quantitative estimate of drug-likeness (QED) is 0.176. The van der Waals surface area contributed by atoms with Gasteiger partial charge in [-0.2, -0.15) is 0 Å². The predicted molar refractivity (Wildman–Crippen MR) is 238 cm³/mol. The lowest BCUT2D eigenvalue weighted by atomic mass is 9.81. The van der Waals surface area contributed by atoms with Gasteiger partial charge < -0.3 is 4.90 Å². The number of nitrogens with zero attached hydrogens (tertiary/aromatic N) is 1. The van der Waals surface area contributed by atoms with Gasteiger partial charge in [0.1, 0.15) is 0 Å². The van der Waals surface area contributed by atoms with E-state index in [1.54, 1.807) is 0 Å². The topological polar surface area (TPSA) is 3.24 Å². The normalized spacial score (nSPS) is 13.4. The number of fused-ring (bicyclic) bond motifs is 7. The summed E-state index contributed by atoms with van der Waals surface area (Å²) < 4.78 is 0. The molecule has 1 heteroatoms. The van der Waals surface area contributed by atoms with E-state index in [9.17, 15) is 0 Å². The Bertz CT molecular complexity index is 3000. The van der Waals surface area contributed by atoms with Crippen molar-refractivity contribution in [1.82, 2.24) is 0 Å². The molecule has 0 radical (unpaired) electrons. The van der Waals surface area contributed by atoms with Crippen LogP contribution in [-0.2, 0) is 10.8 Å². The summed E-state index contributed by atoms with van der Waals surface area (Å²) >= 11 is 0. The van der Waals surface area contributed by atoms with Gasteiger partial charge in [0.05, 0.1) is 11.4 Å². The molecule has 55 heavy (non-hydrogen) atoms. The molecule has 0 aliphatic heterocycles. The average Bonchev–Trinajstić information content (AvgIpc) is 3.40. The van der Waals surface area contributed by atoms with Crippen molar-refractivity contribution in [2.75, 3.05) is 4.90 Å². The second-order valence-electron chi connectivity index (χ2n) is 17.0. The molecule has 1 aliphatic carbocycles. The molecule has 0 spiro atoms. The van der Waals surface area contributed by atoms with Crippen LogP contribution in [0.15, 0.2) is 164 Å². The van der Waals surface area contributed by atoms with E-state index in [-0.39, 0.29) is 10.8 Å². The van der Waals surface area contributed by atoms with Crippen LogP contribution in [0.5, 0.6) is 0 Å². The van der Waals surface area contributed by atoms with Crippen molar-refractivity contribution in [3.8, 4) is 22.3 Å². The molecule has 0 atom stereocenters. The molecule has 0 amide bonds. The van der Waals surface area contributed by atoms with Crippen LogP contribution in [0.25, 0.3) is 65.3 Å². The standard InChI is InChI=1S/C54H45N/c1-34-30-47-45(44-31-37-18-7-8-19-38(37)32-48(44)54(47,5)6)33-51(34)55(49-29-27-46(53(2,3)4)41-23-13-14-24-42(41)49)50-28-26-36-17-10-12-22-40(36)52(50)43-25-15-20-35-16-9-11-21-39(35)43/h7-33H,1-6H3. The number of aryl methyl sites for hydroxylation is 1. The lowest BCUT2D eigenvalue weighted by Crippen LogP contribution is -2.17. The Balaban J connectivity index is 1.34. The molecular formula is C54H45N. The first-order valence-electron chi connectivity index (χ1n) is 19.6. The highest BCUT2D eigenvalue weighted by Gasteiger charge is 2.37. The molecule has 0 fully saturated rings. The van der Waals surface area contributed by atoms with Gasteiger partial charge in [-0.15, -0.1) is 0 Å². The maximum atomic E-state index is 2.58. The average molecular weight is 708 g/mol. The summed E-state index contributed by atoms with van der Waals surface area (Å²) in [7, 11) is 0. The van der Waals surface area contributed by atoms with Crippen molar-refractivity contribution in [2.45, 2.75) is 52.4 Å². The summed E-state index contributed by atoms with van der Waals surface area (Å²) in [6.07, 6.45) is 0. The molecule has 9 aromatic carbocycles. The van der Waals surface area contributed by atoms with E-state index in [0.717, 1.165) is 0 Å². The molecule has 0 bridgehead atoms. The van der Waals surface area contributed by atoms with Gasteiger partial charge in [0.15, 0.2) is 0 Å². The van der Waals surface area contributed by atoms with Crippen molar-refractivity contribution in [1.29, 1.82) is 0 Å². The van der Waals surface area contributed by atoms with Crippen molar-refractivity contribution in [3.05, 3.63) is 186 Å². The summed E-state index contributed by atoms with van der Waals surface area (Å²) in [4.78, 5) is 2.58. The number of rotatable bonds is 4. The number of hydrogen-bond acceptors (Lipinski definition) is 1. The minimum absolute atomic E-state index is 0.0123. The van der Waals surface area contributed by atoms with Crippen LogP contribution >= 0.6 is 0 Å². The molecule has 0 saturated carbocycles. The smallest absolute Gasteiger partial charge is 0.0547 e. The van der Waals surface area contributed by atoms with E-state index in [4.69, 9.17) is 0 Å². The molecule has 1 nitrogen and oxygen atoms in total. The van der Waals surface area contributed by atoms with Crippen molar-refractivity contribution < 1.29 is 0 Å². The zero-order valence-corrected chi connectivity index (χ0v) is 32.5. The van der Waals surface area contributed by atoms with Crippen LogP contribution in [0.2, 0.25) is 0 Å². The Kier molecular flexibility index (Phi) is 7.39. The molecular weight excluding hydrogens is 663 g/mol. The highest BCUT2D eigenvalue weighted by molar-refractivity contribution is 6.13. The molecule has 0 aromatic heterocycles. The second kappa shape index (κ2) is 12.2. The van der Waals surface area contributed by atoms with Gasteiger partial charge in [0, 0.05) is 22.1 Å². The van der Waals surface area contributed by atoms with E-state index in [0.29, 0.717) is 0 Å². The summed E-state index contributed by atoms with van der Waals surface area (Å²) in [5.41, 5.74) is 13.9. The minimum Gasteiger partial charge on any atom is -0.309 e. The lowest BCUT2D eigenvalue weighted by molar-refractivity contribution is 0.596. The largest absolute Gasteiger partial charge is 0.309 e. The fraction of sp³-hybridized carbons (Fsp3) is 0.148. The van der Waals surface area contributed by atoms with Crippen LogP contribution in [0, 0.1) is 6.92 Å². The lowest BCUT2D eigenvalue weighted by Gasteiger charge is -2.33. The maximum Gasteiger partial charge on any atom is 0.0547 e. The van der Waals surface area contributed by atoms with Gasteiger partial charge in [-0.05, 0) is 119 Å². The van der Waals surface area contributed by atoms with E-state index in [2.05, 4.69) is 210 Å². The highest BCUT2D eigenvalue weighted by Crippen LogP contribution is 2.55. The van der Waals surface area contributed by atoms with Gasteiger partial charge >= 0.3 is 0 Å². The van der Waals surface area contributed by atoms with Crippen molar-refractivity contribution >= 4 is 60.2 Å². The fourth-order valence-corrected chi connectivity index (χ4v) is 9.50. The zero-order chi connectivity index (χ0) is 37.6. The number of hydrogen-bond donors (Lipinski definition) is 0. The number of benzene rings is 9. The Hall–Kier alpha value is -6.18. The third kappa shape index (κ3) is 5.14. The molecule has 0 unspecified atom stereocenters. The summed E-state index contributed by atoms with van der Waals surface area (Å²) in [5, 5.41) is 10.1. The Labute approximate surface area is 324 Å². The third-order valence-electron chi connectivity index (χ3n) is 12.3.